The number of ether oxygens (including phenoxy) is 1. The van der Waals surface area contributed by atoms with Crippen LogP contribution in [-0.2, 0) is 15.7 Å². The monoisotopic (exact) mass is 397 g/mol. The van der Waals surface area contributed by atoms with E-state index in [2.05, 4.69) is 10.4 Å². The summed E-state index contributed by atoms with van der Waals surface area (Å²) in [4.78, 5) is 23.2. The summed E-state index contributed by atoms with van der Waals surface area (Å²) in [7, 11) is 0. The van der Waals surface area contributed by atoms with Crippen molar-refractivity contribution in [3.8, 4) is 5.69 Å². The molecule has 1 aliphatic heterocycles. The molecule has 7 nitrogen and oxygen atoms in total. The van der Waals surface area contributed by atoms with Crippen molar-refractivity contribution in [3.05, 3.63) is 41.7 Å². The minimum absolute atomic E-state index is 0.0122. The average Bonchev–Trinajstić information content (AvgIpc) is 3.29. The largest absolute Gasteiger partial charge is 0.478 e. The molecule has 1 unspecified atom stereocenters. The van der Waals surface area contributed by atoms with Crippen LogP contribution in [0.2, 0.25) is 0 Å². The molecule has 1 aromatic heterocycles. The number of hydrogen-bond acceptors (Lipinski definition) is 4. The lowest BCUT2D eigenvalue weighted by molar-refractivity contribution is -0.143. The van der Waals surface area contributed by atoms with Gasteiger partial charge in [-0.15, -0.1) is 0 Å². The van der Waals surface area contributed by atoms with Crippen LogP contribution >= 0.6 is 0 Å². The van der Waals surface area contributed by atoms with E-state index in [0.29, 0.717) is 42.1 Å². The van der Waals surface area contributed by atoms with Gasteiger partial charge in [-0.25, -0.2) is 9.48 Å². The first-order chi connectivity index (χ1) is 13.3. The van der Waals surface area contributed by atoms with Crippen LogP contribution < -0.4 is 5.32 Å². The number of anilines is 1. The number of halogens is 3. The maximum Gasteiger partial charge on any atom is 0.434 e. The molecule has 2 aromatic rings. The standard InChI is InChI=1S/C18H18F3N3O4/c19-18(20,21)16-14(17(26)27)9-22-24(16)13-3-1-2-12(8-13)23-15(25)5-4-11-6-7-28-10-11/h1-3,8-9,11H,4-7,10H2,(H,23,25)(H,26,27). The van der Waals surface area contributed by atoms with Gasteiger partial charge in [0.25, 0.3) is 0 Å². The molecule has 2 heterocycles. The summed E-state index contributed by atoms with van der Waals surface area (Å²) in [6, 6.07) is 5.65. The SMILES string of the molecule is O=C(CCC1CCOC1)Nc1cccc(-n2ncc(C(=O)O)c2C(F)(F)F)c1. The van der Waals surface area contributed by atoms with Crippen LogP contribution in [0.25, 0.3) is 5.69 Å². The van der Waals surface area contributed by atoms with Crippen molar-refractivity contribution in [2.75, 3.05) is 18.5 Å². The molecule has 1 fully saturated rings. The van der Waals surface area contributed by atoms with E-state index in [9.17, 15) is 22.8 Å². The number of carboxylic acids is 1. The van der Waals surface area contributed by atoms with Gasteiger partial charge in [-0.05, 0) is 37.0 Å². The smallest absolute Gasteiger partial charge is 0.434 e. The van der Waals surface area contributed by atoms with Crippen LogP contribution in [0.5, 0.6) is 0 Å². The number of carboxylic acid groups (broad SMARTS) is 1. The maximum absolute atomic E-state index is 13.3. The Labute approximate surface area is 158 Å². The van der Waals surface area contributed by atoms with Crippen LogP contribution in [-0.4, -0.2) is 40.0 Å². The highest BCUT2D eigenvalue weighted by Gasteiger charge is 2.40. The normalized spacial score (nSPS) is 16.9. The second-order valence-corrected chi connectivity index (χ2v) is 6.49. The van der Waals surface area contributed by atoms with Gasteiger partial charge in [0, 0.05) is 25.3 Å². The van der Waals surface area contributed by atoms with Gasteiger partial charge >= 0.3 is 12.1 Å². The van der Waals surface area contributed by atoms with Gasteiger partial charge in [0.15, 0.2) is 5.69 Å². The molecule has 3 rings (SSSR count). The topological polar surface area (TPSA) is 93.5 Å². The van der Waals surface area contributed by atoms with E-state index in [0.717, 1.165) is 6.42 Å². The van der Waals surface area contributed by atoms with E-state index in [1.807, 2.05) is 0 Å². The predicted molar refractivity (Wildman–Crippen MR) is 92.3 cm³/mol. The summed E-state index contributed by atoms with van der Waals surface area (Å²) < 4.78 is 45.8. The van der Waals surface area contributed by atoms with Gasteiger partial charge in [-0.2, -0.15) is 18.3 Å². The number of carbonyl (C=O) groups is 2. The Kier molecular flexibility index (Phi) is 5.68. The van der Waals surface area contributed by atoms with Crippen molar-refractivity contribution in [2.24, 2.45) is 5.92 Å². The second kappa shape index (κ2) is 8.01. The van der Waals surface area contributed by atoms with Gasteiger partial charge in [0.1, 0.15) is 5.56 Å². The number of nitrogens with one attached hydrogen (secondary N) is 1. The van der Waals surface area contributed by atoms with Gasteiger partial charge < -0.3 is 15.2 Å². The van der Waals surface area contributed by atoms with Gasteiger partial charge in [-0.1, -0.05) is 6.07 Å². The third-order valence-corrected chi connectivity index (χ3v) is 4.45. The Morgan fingerprint density at radius 1 is 1.36 bits per heavy atom. The van der Waals surface area contributed by atoms with E-state index >= 15 is 0 Å². The van der Waals surface area contributed by atoms with Crippen LogP contribution in [0.1, 0.15) is 35.3 Å². The predicted octanol–water partition coefficient (Wildman–Crippen LogP) is 3.34. The summed E-state index contributed by atoms with van der Waals surface area (Å²) in [5.41, 5.74) is -2.04. The fourth-order valence-corrected chi connectivity index (χ4v) is 3.06. The van der Waals surface area contributed by atoms with E-state index in [4.69, 9.17) is 9.84 Å². The van der Waals surface area contributed by atoms with Crippen molar-refractivity contribution in [2.45, 2.75) is 25.4 Å². The molecule has 0 spiro atoms. The third-order valence-electron chi connectivity index (χ3n) is 4.45. The van der Waals surface area contributed by atoms with Crippen molar-refractivity contribution in [3.63, 3.8) is 0 Å². The quantitative estimate of drug-likeness (QED) is 0.780. The minimum Gasteiger partial charge on any atom is -0.478 e. The van der Waals surface area contributed by atoms with Crippen molar-refractivity contribution in [1.29, 1.82) is 0 Å². The molecule has 0 saturated carbocycles. The number of nitrogens with zero attached hydrogens (tertiary/aromatic N) is 2. The number of amides is 1. The molecule has 28 heavy (non-hydrogen) atoms. The summed E-state index contributed by atoms with van der Waals surface area (Å²) in [5, 5.41) is 15.2. The molecule has 150 valence electrons. The number of aromatic nitrogens is 2. The Balaban J connectivity index is 1.78. The molecule has 1 aliphatic rings. The first-order valence-corrected chi connectivity index (χ1v) is 8.62. The lowest BCUT2D eigenvalue weighted by Crippen LogP contribution is -2.18. The molecule has 0 aliphatic carbocycles. The van der Waals surface area contributed by atoms with Crippen molar-refractivity contribution < 1.29 is 32.6 Å². The Hall–Kier alpha value is -2.88. The number of alkyl halides is 3. The first kappa shape index (κ1) is 19.9. The zero-order chi connectivity index (χ0) is 20.3. The Morgan fingerprint density at radius 2 is 2.14 bits per heavy atom. The van der Waals surface area contributed by atoms with Crippen LogP contribution in [0, 0.1) is 5.92 Å². The number of aromatic carboxylic acids is 1. The molecular weight excluding hydrogens is 379 g/mol. The van der Waals surface area contributed by atoms with Crippen molar-refractivity contribution >= 4 is 17.6 Å². The molecule has 0 bridgehead atoms. The Bertz CT molecular complexity index is 873. The van der Waals surface area contributed by atoms with Gasteiger partial charge in [0.05, 0.1) is 11.9 Å². The molecule has 10 heteroatoms. The molecule has 1 saturated heterocycles. The highest BCUT2D eigenvalue weighted by molar-refractivity contribution is 5.91. The van der Waals surface area contributed by atoms with Gasteiger partial charge in [0.2, 0.25) is 5.91 Å². The van der Waals surface area contributed by atoms with Crippen LogP contribution in [0.3, 0.4) is 0 Å². The fraction of sp³-hybridized carbons (Fsp3) is 0.389. The van der Waals surface area contributed by atoms with Gasteiger partial charge in [-0.3, -0.25) is 4.79 Å². The molecular formula is C18H18F3N3O4. The zero-order valence-electron chi connectivity index (χ0n) is 14.7. The van der Waals surface area contributed by atoms with E-state index in [-0.39, 0.29) is 18.0 Å². The lowest BCUT2D eigenvalue weighted by Gasteiger charge is -2.13. The van der Waals surface area contributed by atoms with Crippen LogP contribution in [0.4, 0.5) is 18.9 Å². The zero-order valence-corrected chi connectivity index (χ0v) is 14.7. The molecule has 1 amide bonds. The van der Waals surface area contributed by atoms with E-state index in [1.165, 1.54) is 24.3 Å². The number of hydrogen-bond donors (Lipinski definition) is 2. The van der Waals surface area contributed by atoms with Crippen LogP contribution in [0.15, 0.2) is 30.5 Å². The molecule has 1 aromatic carbocycles. The highest BCUT2D eigenvalue weighted by atomic mass is 19.4. The summed E-state index contributed by atoms with van der Waals surface area (Å²) in [6.45, 7) is 1.33. The second-order valence-electron chi connectivity index (χ2n) is 6.49. The number of benzene rings is 1. The summed E-state index contributed by atoms with van der Waals surface area (Å²) in [6.07, 6.45) is -2.40. The summed E-state index contributed by atoms with van der Waals surface area (Å²) in [5.74, 6) is -1.64. The lowest BCUT2D eigenvalue weighted by atomic mass is 10.0. The van der Waals surface area contributed by atoms with E-state index < -0.39 is 23.4 Å². The Morgan fingerprint density at radius 3 is 2.79 bits per heavy atom. The number of carbonyl (C=O) groups excluding carboxylic acids is 1. The molecule has 1 atom stereocenters. The molecule has 0 radical (unpaired) electrons. The average molecular weight is 397 g/mol. The number of rotatable bonds is 6. The first-order valence-electron chi connectivity index (χ1n) is 8.62. The summed E-state index contributed by atoms with van der Waals surface area (Å²) >= 11 is 0. The molecule has 2 N–H and O–H groups in total. The highest BCUT2D eigenvalue weighted by Crippen LogP contribution is 2.34. The minimum atomic E-state index is -4.91. The van der Waals surface area contributed by atoms with E-state index in [1.54, 1.807) is 0 Å². The van der Waals surface area contributed by atoms with Crippen molar-refractivity contribution in [1.82, 2.24) is 9.78 Å². The maximum atomic E-state index is 13.3. The third kappa shape index (κ3) is 4.50. The fourth-order valence-electron chi connectivity index (χ4n) is 3.06.